The fraction of sp³-hybridized carbons (Fsp3) is 0.571. The quantitative estimate of drug-likeness (QED) is 0.802. The summed E-state index contributed by atoms with van der Waals surface area (Å²) in [6, 6.07) is 3.88. The van der Waals surface area contributed by atoms with E-state index in [4.69, 9.17) is 0 Å². The van der Waals surface area contributed by atoms with E-state index >= 15 is 0 Å². The number of aryl methyl sites for hydroxylation is 1. The average Bonchev–Trinajstić information content (AvgIpc) is 2.70. The topological polar surface area (TPSA) is 61.4 Å². The molecule has 2 amide bonds. The summed E-state index contributed by atoms with van der Waals surface area (Å²) in [7, 11) is 0. The van der Waals surface area contributed by atoms with E-state index in [1.165, 1.54) is 4.88 Å². The summed E-state index contributed by atoms with van der Waals surface area (Å²) in [6.45, 7) is 6.82. The second kappa shape index (κ2) is 6.85. The number of carbonyl (C=O) groups excluding carboxylic acids is 2. The number of rotatable bonds is 2. The van der Waals surface area contributed by atoms with Gasteiger partial charge in [-0.1, -0.05) is 0 Å². The molecule has 0 bridgehead atoms. The Bertz CT molecular complexity index is 479. The Morgan fingerprint density at radius 3 is 2.85 bits per heavy atom. The third-order valence-corrected chi connectivity index (χ3v) is 4.54. The first-order valence-electron chi connectivity index (χ1n) is 6.95. The smallest absolute Gasteiger partial charge is 0.311 e. The predicted molar refractivity (Wildman–Crippen MR) is 79.7 cm³/mol. The minimum Gasteiger partial charge on any atom is -0.340 e. The summed E-state index contributed by atoms with van der Waals surface area (Å²) in [5, 5.41) is 6.00. The van der Waals surface area contributed by atoms with Gasteiger partial charge < -0.3 is 15.5 Å². The maximum absolute atomic E-state index is 12.1. The van der Waals surface area contributed by atoms with Gasteiger partial charge in [-0.2, -0.15) is 0 Å². The molecular weight excluding hydrogens is 274 g/mol. The van der Waals surface area contributed by atoms with Gasteiger partial charge in [0.2, 0.25) is 0 Å². The van der Waals surface area contributed by atoms with Crippen LogP contribution in [0.15, 0.2) is 12.1 Å². The molecule has 0 aliphatic carbocycles. The lowest BCUT2D eigenvalue weighted by Gasteiger charge is -2.20. The molecule has 5 nitrogen and oxygen atoms in total. The van der Waals surface area contributed by atoms with Crippen LogP contribution in [0.5, 0.6) is 0 Å². The van der Waals surface area contributed by atoms with Crippen LogP contribution >= 0.6 is 11.3 Å². The Hall–Kier alpha value is -1.40. The van der Waals surface area contributed by atoms with E-state index in [9.17, 15) is 9.59 Å². The van der Waals surface area contributed by atoms with Crippen LogP contribution in [-0.4, -0.2) is 42.9 Å². The van der Waals surface area contributed by atoms with Crippen LogP contribution in [0, 0.1) is 6.92 Å². The van der Waals surface area contributed by atoms with E-state index in [0.717, 1.165) is 24.4 Å². The van der Waals surface area contributed by atoms with Crippen molar-refractivity contribution in [2.45, 2.75) is 26.3 Å². The maximum atomic E-state index is 12.1. The molecule has 0 radical (unpaired) electrons. The molecule has 1 atom stereocenters. The molecule has 0 aromatic carbocycles. The Morgan fingerprint density at radius 1 is 1.35 bits per heavy atom. The SMILES string of the molecule is Cc1ccc(C(C)NC(=O)C(=O)N2CCCNCC2)s1. The highest BCUT2D eigenvalue weighted by Crippen LogP contribution is 2.22. The van der Waals surface area contributed by atoms with Crippen molar-refractivity contribution in [3.8, 4) is 0 Å². The van der Waals surface area contributed by atoms with Gasteiger partial charge in [-0.15, -0.1) is 11.3 Å². The first kappa shape index (κ1) is 15.0. The highest BCUT2D eigenvalue weighted by atomic mass is 32.1. The Morgan fingerprint density at radius 2 is 2.15 bits per heavy atom. The van der Waals surface area contributed by atoms with Gasteiger partial charge in [-0.25, -0.2) is 0 Å². The zero-order valence-electron chi connectivity index (χ0n) is 11.9. The van der Waals surface area contributed by atoms with Gasteiger partial charge in [0, 0.05) is 29.4 Å². The number of amides is 2. The number of hydrogen-bond acceptors (Lipinski definition) is 4. The minimum absolute atomic E-state index is 0.129. The molecule has 1 saturated heterocycles. The highest BCUT2D eigenvalue weighted by Gasteiger charge is 2.24. The highest BCUT2D eigenvalue weighted by molar-refractivity contribution is 7.12. The summed E-state index contributed by atoms with van der Waals surface area (Å²) in [5.41, 5.74) is 0. The van der Waals surface area contributed by atoms with E-state index in [0.29, 0.717) is 13.1 Å². The molecule has 1 aliphatic rings. The van der Waals surface area contributed by atoms with Crippen molar-refractivity contribution >= 4 is 23.2 Å². The van der Waals surface area contributed by atoms with E-state index < -0.39 is 11.8 Å². The molecule has 20 heavy (non-hydrogen) atoms. The van der Waals surface area contributed by atoms with Crippen LogP contribution in [0.2, 0.25) is 0 Å². The van der Waals surface area contributed by atoms with E-state index in [1.807, 2.05) is 26.0 Å². The second-order valence-electron chi connectivity index (χ2n) is 5.04. The van der Waals surface area contributed by atoms with Gasteiger partial charge in [-0.3, -0.25) is 9.59 Å². The van der Waals surface area contributed by atoms with Crippen molar-refractivity contribution in [1.29, 1.82) is 0 Å². The number of nitrogens with one attached hydrogen (secondary N) is 2. The largest absolute Gasteiger partial charge is 0.340 e. The van der Waals surface area contributed by atoms with E-state index in [-0.39, 0.29) is 6.04 Å². The number of carbonyl (C=O) groups is 2. The van der Waals surface area contributed by atoms with Crippen LogP contribution in [0.25, 0.3) is 0 Å². The van der Waals surface area contributed by atoms with Gasteiger partial charge in [0.05, 0.1) is 6.04 Å². The molecule has 1 fully saturated rings. The summed E-state index contributed by atoms with van der Waals surface area (Å²) in [6.07, 6.45) is 0.888. The van der Waals surface area contributed by atoms with Crippen molar-refractivity contribution in [2.75, 3.05) is 26.2 Å². The summed E-state index contributed by atoms with van der Waals surface area (Å²) < 4.78 is 0. The lowest BCUT2D eigenvalue weighted by atomic mass is 10.2. The van der Waals surface area contributed by atoms with Gasteiger partial charge >= 0.3 is 11.8 Å². The monoisotopic (exact) mass is 295 g/mol. The number of nitrogens with zero attached hydrogens (tertiary/aromatic N) is 1. The van der Waals surface area contributed by atoms with Crippen molar-refractivity contribution in [3.05, 3.63) is 21.9 Å². The van der Waals surface area contributed by atoms with Gasteiger partial charge in [0.15, 0.2) is 0 Å². The molecule has 2 N–H and O–H groups in total. The molecule has 110 valence electrons. The molecule has 0 saturated carbocycles. The summed E-state index contributed by atoms with van der Waals surface area (Å²) >= 11 is 1.64. The first-order valence-corrected chi connectivity index (χ1v) is 7.76. The fourth-order valence-corrected chi connectivity index (χ4v) is 3.09. The molecule has 1 unspecified atom stereocenters. The normalized spacial score (nSPS) is 17.4. The predicted octanol–water partition coefficient (Wildman–Crippen LogP) is 1.06. The molecule has 6 heteroatoms. The van der Waals surface area contributed by atoms with Crippen molar-refractivity contribution in [1.82, 2.24) is 15.5 Å². The zero-order chi connectivity index (χ0) is 14.5. The summed E-state index contributed by atoms with van der Waals surface area (Å²) in [5.74, 6) is -0.931. The molecule has 1 aliphatic heterocycles. The molecule has 0 spiro atoms. The van der Waals surface area contributed by atoms with Gasteiger partial charge in [-0.05, 0) is 38.9 Å². The molecule has 1 aromatic heterocycles. The van der Waals surface area contributed by atoms with Crippen molar-refractivity contribution in [2.24, 2.45) is 0 Å². The Labute approximate surface area is 123 Å². The van der Waals surface area contributed by atoms with E-state index in [2.05, 4.69) is 10.6 Å². The molecule has 2 rings (SSSR count). The first-order chi connectivity index (χ1) is 9.58. The third-order valence-electron chi connectivity index (χ3n) is 3.36. The van der Waals surface area contributed by atoms with Crippen LogP contribution in [0.4, 0.5) is 0 Å². The van der Waals surface area contributed by atoms with Crippen molar-refractivity contribution < 1.29 is 9.59 Å². The van der Waals surface area contributed by atoms with Crippen LogP contribution in [0.1, 0.15) is 29.1 Å². The lowest BCUT2D eigenvalue weighted by molar-refractivity contribution is -0.146. The number of thiophene rings is 1. The Kier molecular flexibility index (Phi) is 5.14. The standard InChI is InChI=1S/C14H21N3O2S/c1-10-4-5-12(20-10)11(2)16-13(18)14(19)17-8-3-6-15-7-9-17/h4-5,11,15H,3,6-9H2,1-2H3,(H,16,18). The summed E-state index contributed by atoms with van der Waals surface area (Å²) in [4.78, 5) is 28.0. The zero-order valence-corrected chi connectivity index (χ0v) is 12.8. The third kappa shape index (κ3) is 3.80. The van der Waals surface area contributed by atoms with Crippen molar-refractivity contribution in [3.63, 3.8) is 0 Å². The van der Waals surface area contributed by atoms with Crippen LogP contribution < -0.4 is 10.6 Å². The molecule has 2 heterocycles. The fourth-order valence-electron chi connectivity index (χ4n) is 2.21. The number of hydrogen-bond donors (Lipinski definition) is 2. The van der Waals surface area contributed by atoms with Gasteiger partial charge in [0.1, 0.15) is 0 Å². The average molecular weight is 295 g/mol. The maximum Gasteiger partial charge on any atom is 0.311 e. The second-order valence-corrected chi connectivity index (χ2v) is 6.36. The van der Waals surface area contributed by atoms with Crippen LogP contribution in [0.3, 0.4) is 0 Å². The Balaban J connectivity index is 1.91. The molecular formula is C14H21N3O2S. The van der Waals surface area contributed by atoms with Gasteiger partial charge in [0.25, 0.3) is 0 Å². The van der Waals surface area contributed by atoms with E-state index in [1.54, 1.807) is 16.2 Å². The molecule has 1 aromatic rings. The lowest BCUT2D eigenvalue weighted by Crippen LogP contribution is -2.44. The van der Waals surface area contributed by atoms with Crippen LogP contribution in [-0.2, 0) is 9.59 Å². The minimum atomic E-state index is -0.509.